The quantitative estimate of drug-likeness (QED) is 0.793. The molecule has 1 aliphatic rings. The molecular weight excluding hydrogens is 320 g/mol. The smallest absolute Gasteiger partial charge is 0.252 e. The van der Waals surface area contributed by atoms with Gasteiger partial charge in [-0.25, -0.2) is 0 Å². The Morgan fingerprint density at radius 1 is 1.16 bits per heavy atom. The second-order valence-electron chi connectivity index (χ2n) is 5.89. The van der Waals surface area contributed by atoms with Gasteiger partial charge in [-0.15, -0.1) is 10.2 Å². The molecule has 0 saturated heterocycles. The molecule has 0 unspecified atom stereocenters. The molecule has 3 heterocycles. The minimum atomic E-state index is -0.291. The molecule has 1 atom stereocenters. The Bertz CT molecular complexity index is 922. The summed E-state index contributed by atoms with van der Waals surface area (Å²) < 4.78 is 13.1. The summed E-state index contributed by atoms with van der Waals surface area (Å²) in [5, 5.41) is 11.2. The van der Waals surface area contributed by atoms with Crippen molar-refractivity contribution in [1.82, 2.24) is 19.9 Å². The molecule has 7 nitrogen and oxygen atoms in total. The van der Waals surface area contributed by atoms with Crippen LogP contribution in [-0.2, 0) is 0 Å². The number of hydrogen-bond acceptors (Lipinski definition) is 5. The van der Waals surface area contributed by atoms with Gasteiger partial charge in [-0.2, -0.15) is 0 Å². The van der Waals surface area contributed by atoms with Gasteiger partial charge in [0.25, 0.3) is 5.91 Å². The Morgan fingerprint density at radius 3 is 2.88 bits per heavy atom. The Hall–Kier alpha value is -3.09. The van der Waals surface area contributed by atoms with Gasteiger partial charge >= 0.3 is 0 Å². The Morgan fingerprint density at radius 2 is 2.00 bits per heavy atom. The first-order valence-corrected chi connectivity index (χ1v) is 8.22. The van der Waals surface area contributed by atoms with Gasteiger partial charge in [-0.1, -0.05) is 6.07 Å². The lowest BCUT2D eigenvalue weighted by molar-refractivity contribution is 0.0937. The van der Waals surface area contributed by atoms with Crippen LogP contribution in [0, 0.1) is 0 Å². The Kier molecular flexibility index (Phi) is 3.97. The number of benzene rings is 1. The average Bonchev–Trinajstić information content (AvgIpc) is 2.92. The molecule has 0 spiro atoms. The van der Waals surface area contributed by atoms with Gasteiger partial charge in [0, 0.05) is 18.2 Å². The molecule has 128 valence electrons. The lowest BCUT2D eigenvalue weighted by atomic mass is 10.1. The second-order valence-corrected chi connectivity index (χ2v) is 5.89. The maximum atomic E-state index is 12.6. The summed E-state index contributed by atoms with van der Waals surface area (Å²) in [4.78, 5) is 12.6. The number of nitrogens with zero attached hydrogens (tertiary/aromatic N) is 3. The summed E-state index contributed by atoms with van der Waals surface area (Å²) in [5.74, 6) is 1.76. The van der Waals surface area contributed by atoms with Crippen LogP contribution in [0.3, 0.4) is 0 Å². The van der Waals surface area contributed by atoms with Crippen LogP contribution in [0.1, 0.15) is 35.6 Å². The van der Waals surface area contributed by atoms with E-state index in [2.05, 4.69) is 15.5 Å². The molecule has 1 N–H and O–H groups in total. The fraction of sp³-hybridized carbons (Fsp3) is 0.278. The van der Waals surface area contributed by atoms with E-state index < -0.39 is 0 Å². The molecule has 0 radical (unpaired) electrons. The number of pyridine rings is 1. The number of aromatic nitrogens is 3. The summed E-state index contributed by atoms with van der Waals surface area (Å²) >= 11 is 0. The van der Waals surface area contributed by atoms with E-state index in [9.17, 15) is 4.79 Å². The van der Waals surface area contributed by atoms with Crippen molar-refractivity contribution in [3.05, 3.63) is 54.0 Å². The van der Waals surface area contributed by atoms with Gasteiger partial charge in [-0.05, 0) is 37.3 Å². The highest BCUT2D eigenvalue weighted by Gasteiger charge is 2.18. The molecular formula is C18H18N4O3. The van der Waals surface area contributed by atoms with E-state index in [1.165, 1.54) is 0 Å². The number of amides is 1. The standard InChI is InChI=1S/C18H18N4O3/c1-12(17-21-20-16-5-2-3-8-22(16)17)19-18(23)13-6-7-14-15(11-13)25-10-4-9-24-14/h2-3,5-8,11-12H,4,9-10H2,1H3,(H,19,23)/t12-/m1/s1. The zero-order valence-corrected chi connectivity index (χ0v) is 13.8. The van der Waals surface area contributed by atoms with Crippen LogP contribution in [0.25, 0.3) is 5.65 Å². The van der Waals surface area contributed by atoms with Crippen LogP contribution in [-0.4, -0.2) is 33.7 Å². The molecule has 2 aromatic heterocycles. The molecule has 25 heavy (non-hydrogen) atoms. The van der Waals surface area contributed by atoms with Crippen molar-refractivity contribution in [1.29, 1.82) is 0 Å². The summed E-state index contributed by atoms with van der Waals surface area (Å²) in [5.41, 5.74) is 1.26. The highest BCUT2D eigenvalue weighted by atomic mass is 16.5. The predicted molar refractivity (Wildman–Crippen MR) is 90.9 cm³/mol. The lowest BCUT2D eigenvalue weighted by Gasteiger charge is -2.14. The molecule has 0 fully saturated rings. The Labute approximate surface area is 144 Å². The minimum Gasteiger partial charge on any atom is -0.490 e. The number of rotatable bonds is 3. The van der Waals surface area contributed by atoms with Crippen molar-refractivity contribution in [3.63, 3.8) is 0 Å². The van der Waals surface area contributed by atoms with Gasteiger partial charge in [0.2, 0.25) is 0 Å². The van der Waals surface area contributed by atoms with Crippen LogP contribution in [0.5, 0.6) is 11.5 Å². The van der Waals surface area contributed by atoms with Gasteiger partial charge in [-0.3, -0.25) is 9.20 Å². The molecule has 1 aromatic carbocycles. The highest BCUT2D eigenvalue weighted by Crippen LogP contribution is 2.30. The third-order valence-electron chi connectivity index (χ3n) is 4.08. The average molecular weight is 338 g/mol. The van der Waals surface area contributed by atoms with E-state index in [-0.39, 0.29) is 11.9 Å². The molecule has 1 aliphatic heterocycles. The van der Waals surface area contributed by atoms with Crippen LogP contribution in [0.15, 0.2) is 42.6 Å². The largest absolute Gasteiger partial charge is 0.490 e. The predicted octanol–water partition coefficient (Wildman–Crippen LogP) is 2.38. The maximum absolute atomic E-state index is 12.6. The monoisotopic (exact) mass is 338 g/mol. The van der Waals surface area contributed by atoms with Crippen molar-refractivity contribution in [2.75, 3.05) is 13.2 Å². The van der Waals surface area contributed by atoms with E-state index in [1.54, 1.807) is 18.2 Å². The van der Waals surface area contributed by atoms with Crippen molar-refractivity contribution >= 4 is 11.6 Å². The van der Waals surface area contributed by atoms with E-state index >= 15 is 0 Å². The highest BCUT2D eigenvalue weighted by molar-refractivity contribution is 5.95. The summed E-state index contributed by atoms with van der Waals surface area (Å²) in [6, 6.07) is 10.6. The fourth-order valence-electron chi connectivity index (χ4n) is 2.80. The minimum absolute atomic E-state index is 0.198. The van der Waals surface area contributed by atoms with Gasteiger partial charge in [0.05, 0.1) is 19.3 Å². The van der Waals surface area contributed by atoms with Crippen LogP contribution >= 0.6 is 0 Å². The fourth-order valence-corrected chi connectivity index (χ4v) is 2.80. The van der Waals surface area contributed by atoms with Gasteiger partial charge in [0.15, 0.2) is 23.0 Å². The Balaban J connectivity index is 1.54. The van der Waals surface area contributed by atoms with E-state index in [0.29, 0.717) is 36.1 Å². The molecule has 4 rings (SSSR count). The number of carbonyl (C=O) groups is 1. The van der Waals surface area contributed by atoms with Crippen LogP contribution in [0.2, 0.25) is 0 Å². The zero-order valence-electron chi connectivity index (χ0n) is 13.8. The summed E-state index contributed by atoms with van der Waals surface area (Å²) in [7, 11) is 0. The maximum Gasteiger partial charge on any atom is 0.252 e. The van der Waals surface area contributed by atoms with Gasteiger partial charge in [0.1, 0.15) is 0 Å². The third-order valence-corrected chi connectivity index (χ3v) is 4.08. The van der Waals surface area contributed by atoms with E-state index in [1.807, 2.05) is 35.7 Å². The first-order valence-electron chi connectivity index (χ1n) is 8.22. The van der Waals surface area contributed by atoms with Crippen molar-refractivity contribution in [3.8, 4) is 11.5 Å². The van der Waals surface area contributed by atoms with Crippen molar-refractivity contribution < 1.29 is 14.3 Å². The van der Waals surface area contributed by atoms with Crippen molar-refractivity contribution in [2.45, 2.75) is 19.4 Å². The molecule has 7 heteroatoms. The number of carbonyl (C=O) groups excluding carboxylic acids is 1. The number of fused-ring (bicyclic) bond motifs is 2. The molecule has 3 aromatic rings. The normalized spacial score (nSPS) is 14.8. The first kappa shape index (κ1) is 15.4. The van der Waals surface area contributed by atoms with Crippen LogP contribution in [0.4, 0.5) is 0 Å². The lowest BCUT2D eigenvalue weighted by Crippen LogP contribution is -2.28. The third kappa shape index (κ3) is 3.00. The summed E-state index contributed by atoms with van der Waals surface area (Å²) in [6.45, 7) is 3.08. The molecule has 0 saturated carbocycles. The zero-order chi connectivity index (χ0) is 17.2. The van der Waals surface area contributed by atoms with Gasteiger partial charge < -0.3 is 14.8 Å². The molecule has 0 aliphatic carbocycles. The number of nitrogens with one attached hydrogen (secondary N) is 1. The number of hydrogen-bond donors (Lipinski definition) is 1. The summed E-state index contributed by atoms with van der Waals surface area (Å²) in [6.07, 6.45) is 2.70. The van der Waals surface area contributed by atoms with E-state index in [0.717, 1.165) is 12.1 Å². The second kappa shape index (κ2) is 6.43. The first-order chi connectivity index (χ1) is 12.2. The van der Waals surface area contributed by atoms with E-state index in [4.69, 9.17) is 9.47 Å². The molecule has 0 bridgehead atoms. The molecule has 1 amide bonds. The SMILES string of the molecule is C[C@@H](NC(=O)c1ccc2c(c1)OCCCO2)c1nnc2ccccn12. The van der Waals surface area contributed by atoms with Crippen LogP contribution < -0.4 is 14.8 Å². The topological polar surface area (TPSA) is 77.8 Å². The van der Waals surface area contributed by atoms with Crippen molar-refractivity contribution in [2.24, 2.45) is 0 Å². The number of ether oxygens (including phenoxy) is 2.